The van der Waals surface area contributed by atoms with Crippen molar-refractivity contribution in [1.29, 1.82) is 0 Å². The minimum absolute atomic E-state index is 0.100. The van der Waals surface area contributed by atoms with Gasteiger partial charge in [-0.15, -0.1) is 0 Å². The lowest BCUT2D eigenvalue weighted by Crippen LogP contribution is -2.52. The molecule has 166 valence electrons. The molecule has 3 N–H and O–H groups in total. The molecule has 3 rings (SSSR count). The number of fused-ring (bicyclic) bond motifs is 1. The van der Waals surface area contributed by atoms with Crippen LogP contribution in [0.3, 0.4) is 0 Å². The number of benzene rings is 2. The first-order chi connectivity index (χ1) is 14.7. The second-order valence-corrected chi connectivity index (χ2v) is 9.04. The van der Waals surface area contributed by atoms with E-state index in [1.165, 1.54) is 36.4 Å². The molecule has 31 heavy (non-hydrogen) atoms. The molecule has 1 aliphatic heterocycles. The Morgan fingerprint density at radius 1 is 1.13 bits per heavy atom. The number of hydrogen-bond acceptors (Lipinski definition) is 3. The molecule has 1 aliphatic rings. The molecule has 6 nitrogen and oxygen atoms in total. The summed E-state index contributed by atoms with van der Waals surface area (Å²) in [5.41, 5.74) is 2.81. The number of nitrogens with one attached hydrogen (secondary N) is 3. The molecule has 0 aromatic heterocycles. The summed E-state index contributed by atoms with van der Waals surface area (Å²) in [4.78, 5) is 26.9. The van der Waals surface area contributed by atoms with Gasteiger partial charge in [-0.2, -0.15) is 0 Å². The molecule has 2 aromatic rings. The number of amides is 3. The van der Waals surface area contributed by atoms with Gasteiger partial charge in [0.05, 0.1) is 5.56 Å². The first-order valence-corrected chi connectivity index (χ1v) is 10.6. The third kappa shape index (κ3) is 5.82. The lowest BCUT2D eigenvalue weighted by molar-refractivity contribution is 0.0959. The van der Waals surface area contributed by atoms with E-state index in [1.54, 1.807) is 0 Å². The Bertz CT molecular complexity index is 955. The smallest absolute Gasteiger partial charge is 0.319 e. The Balaban J connectivity index is 1.66. The molecule has 7 heteroatoms. The number of carbonyl (C=O) groups is 2. The summed E-state index contributed by atoms with van der Waals surface area (Å²) >= 11 is 0. The van der Waals surface area contributed by atoms with E-state index in [1.807, 2.05) is 0 Å². The fourth-order valence-electron chi connectivity index (χ4n) is 3.74. The highest BCUT2D eigenvalue weighted by Gasteiger charge is 2.29. The van der Waals surface area contributed by atoms with Gasteiger partial charge in [0.1, 0.15) is 5.82 Å². The highest BCUT2D eigenvalue weighted by Crippen LogP contribution is 2.24. The third-order valence-corrected chi connectivity index (χ3v) is 5.70. The van der Waals surface area contributed by atoms with Crippen LogP contribution >= 0.6 is 0 Å². The maximum atomic E-state index is 13.9. The molecule has 0 bridgehead atoms. The van der Waals surface area contributed by atoms with Gasteiger partial charge in [-0.05, 0) is 41.2 Å². The number of halogens is 1. The second-order valence-electron chi connectivity index (χ2n) is 9.04. The normalized spacial score (nSPS) is 15.0. The van der Waals surface area contributed by atoms with Crippen molar-refractivity contribution in [2.45, 2.75) is 39.8 Å². The average molecular weight is 427 g/mol. The van der Waals surface area contributed by atoms with Crippen LogP contribution in [0, 0.1) is 11.2 Å². The summed E-state index contributed by atoms with van der Waals surface area (Å²) in [6, 6.07) is 11.9. The van der Waals surface area contributed by atoms with Crippen molar-refractivity contribution in [2.24, 2.45) is 5.41 Å². The lowest BCUT2D eigenvalue weighted by atomic mass is 9.86. The number of nitrogens with zero attached hydrogens (tertiary/aromatic N) is 1. The molecule has 0 saturated heterocycles. The number of carbonyl (C=O) groups excluding carboxylic acids is 2. The van der Waals surface area contributed by atoms with E-state index in [2.05, 4.69) is 65.9 Å². The first kappa shape index (κ1) is 22.7. The molecule has 0 unspecified atom stereocenters. The second kappa shape index (κ2) is 9.47. The average Bonchev–Trinajstić information content (AvgIpc) is 2.73. The van der Waals surface area contributed by atoms with Crippen molar-refractivity contribution in [3.05, 3.63) is 65.0 Å². The summed E-state index contributed by atoms with van der Waals surface area (Å²) < 4.78 is 13.9. The van der Waals surface area contributed by atoms with Crippen molar-refractivity contribution in [1.82, 2.24) is 15.5 Å². The Morgan fingerprint density at radius 3 is 2.52 bits per heavy atom. The van der Waals surface area contributed by atoms with Gasteiger partial charge < -0.3 is 16.0 Å². The van der Waals surface area contributed by atoms with Crippen LogP contribution in [-0.4, -0.2) is 43.0 Å². The van der Waals surface area contributed by atoms with E-state index in [4.69, 9.17) is 0 Å². The zero-order valence-corrected chi connectivity index (χ0v) is 18.6. The number of hydrogen-bond donors (Lipinski definition) is 3. The van der Waals surface area contributed by atoms with Gasteiger partial charge in [0, 0.05) is 38.4 Å². The van der Waals surface area contributed by atoms with Gasteiger partial charge in [0.15, 0.2) is 0 Å². The Kier molecular flexibility index (Phi) is 6.95. The van der Waals surface area contributed by atoms with Crippen LogP contribution in [0.5, 0.6) is 0 Å². The fourth-order valence-corrected chi connectivity index (χ4v) is 3.74. The number of anilines is 1. The summed E-state index contributed by atoms with van der Waals surface area (Å²) in [6.07, 6.45) is 0.997. The fraction of sp³-hybridized carbons (Fsp3) is 0.417. The van der Waals surface area contributed by atoms with Gasteiger partial charge in [0.25, 0.3) is 5.91 Å². The molecule has 0 spiro atoms. The van der Waals surface area contributed by atoms with Crippen LogP contribution in [0.25, 0.3) is 0 Å². The topological polar surface area (TPSA) is 73.5 Å². The predicted octanol–water partition coefficient (Wildman–Crippen LogP) is 3.78. The number of urea groups is 1. The highest BCUT2D eigenvalue weighted by molar-refractivity contribution is 5.97. The molecular formula is C24H31FN4O2. The molecule has 0 aliphatic carbocycles. The van der Waals surface area contributed by atoms with Crippen molar-refractivity contribution < 1.29 is 14.0 Å². The Labute approximate surface area is 183 Å². The molecular weight excluding hydrogens is 395 g/mol. The van der Waals surface area contributed by atoms with E-state index < -0.39 is 11.7 Å². The van der Waals surface area contributed by atoms with Crippen LogP contribution in [-0.2, 0) is 13.0 Å². The predicted molar refractivity (Wildman–Crippen MR) is 121 cm³/mol. The maximum Gasteiger partial charge on any atom is 0.319 e. The first-order valence-electron chi connectivity index (χ1n) is 10.6. The van der Waals surface area contributed by atoms with E-state index in [0.29, 0.717) is 5.69 Å². The van der Waals surface area contributed by atoms with Gasteiger partial charge >= 0.3 is 6.03 Å². The van der Waals surface area contributed by atoms with E-state index in [0.717, 1.165) is 26.1 Å². The zero-order chi connectivity index (χ0) is 22.6. The Morgan fingerprint density at radius 2 is 1.84 bits per heavy atom. The SMILES string of the molecule is CNC(=O)c1cc(NC(=O)N[C@H](CN2CCc3ccccc3C2)C(C)(C)C)ccc1F. The van der Waals surface area contributed by atoms with Crippen molar-refractivity contribution >= 4 is 17.6 Å². The van der Waals surface area contributed by atoms with Gasteiger partial charge in [-0.1, -0.05) is 45.0 Å². The van der Waals surface area contributed by atoms with Crippen molar-refractivity contribution in [2.75, 3.05) is 25.5 Å². The van der Waals surface area contributed by atoms with Gasteiger partial charge in [-0.3, -0.25) is 9.69 Å². The van der Waals surface area contributed by atoms with Crippen LogP contribution in [0.15, 0.2) is 42.5 Å². The monoisotopic (exact) mass is 426 g/mol. The molecule has 2 aromatic carbocycles. The standard InChI is InChI=1S/C24H31FN4O2/c1-24(2,3)21(15-29-12-11-16-7-5-6-8-17(16)14-29)28-23(31)27-18-9-10-20(25)19(13-18)22(30)26-4/h5-10,13,21H,11-12,14-15H2,1-4H3,(H,26,30)(H2,27,28,31)/t21-/m1/s1. The highest BCUT2D eigenvalue weighted by atomic mass is 19.1. The van der Waals surface area contributed by atoms with Gasteiger partial charge in [0.2, 0.25) is 0 Å². The van der Waals surface area contributed by atoms with Crippen LogP contribution < -0.4 is 16.0 Å². The summed E-state index contributed by atoms with van der Waals surface area (Å²) in [7, 11) is 1.43. The van der Waals surface area contributed by atoms with Gasteiger partial charge in [-0.25, -0.2) is 9.18 Å². The zero-order valence-electron chi connectivity index (χ0n) is 18.6. The molecule has 1 atom stereocenters. The van der Waals surface area contributed by atoms with E-state index >= 15 is 0 Å². The molecule has 1 heterocycles. The lowest BCUT2D eigenvalue weighted by Gasteiger charge is -2.37. The summed E-state index contributed by atoms with van der Waals surface area (Å²) in [5, 5.41) is 8.19. The molecule has 0 saturated carbocycles. The van der Waals surface area contributed by atoms with Crippen molar-refractivity contribution in [3.8, 4) is 0 Å². The van der Waals surface area contributed by atoms with E-state index in [9.17, 15) is 14.0 Å². The van der Waals surface area contributed by atoms with E-state index in [-0.39, 0.29) is 23.1 Å². The third-order valence-electron chi connectivity index (χ3n) is 5.70. The largest absolute Gasteiger partial charge is 0.355 e. The number of rotatable bonds is 5. The van der Waals surface area contributed by atoms with Crippen LogP contribution in [0.1, 0.15) is 42.3 Å². The summed E-state index contributed by atoms with van der Waals surface area (Å²) in [5.74, 6) is -1.18. The van der Waals surface area contributed by atoms with Crippen LogP contribution in [0.2, 0.25) is 0 Å². The summed E-state index contributed by atoms with van der Waals surface area (Å²) in [6.45, 7) is 8.81. The minimum atomic E-state index is -0.636. The quantitative estimate of drug-likeness (QED) is 0.681. The molecule has 0 radical (unpaired) electrons. The minimum Gasteiger partial charge on any atom is -0.355 e. The Hall–Kier alpha value is -2.93. The van der Waals surface area contributed by atoms with Crippen molar-refractivity contribution in [3.63, 3.8) is 0 Å². The molecule has 0 fully saturated rings. The maximum absolute atomic E-state index is 13.9. The van der Waals surface area contributed by atoms with Crippen LogP contribution in [0.4, 0.5) is 14.9 Å². The molecule has 3 amide bonds.